The van der Waals surface area contributed by atoms with Crippen LogP contribution in [0.2, 0.25) is 0 Å². The van der Waals surface area contributed by atoms with Gasteiger partial charge in [-0.05, 0) is 18.2 Å². The SMILES string of the molecule is O=C(O)c1ccc2c(c1)CN(C(=O)C(F)(F)F)CCO2. The molecule has 0 aliphatic carbocycles. The number of carbonyl (C=O) groups excluding carboxylic acids is 1. The lowest BCUT2D eigenvalue weighted by Crippen LogP contribution is -2.41. The van der Waals surface area contributed by atoms with Crippen LogP contribution < -0.4 is 4.74 Å². The molecule has 1 N–H and O–H groups in total. The monoisotopic (exact) mass is 289 g/mol. The standard InChI is InChI=1S/C12H10F3NO4/c13-12(14,15)11(19)16-3-4-20-9-2-1-7(10(17)18)5-8(9)6-16/h1-2,5H,3-4,6H2,(H,17,18). The number of alkyl halides is 3. The number of hydrogen-bond donors (Lipinski definition) is 1. The van der Waals surface area contributed by atoms with E-state index in [2.05, 4.69) is 0 Å². The molecule has 8 heteroatoms. The molecule has 1 heterocycles. The number of carboxylic acids is 1. The fraction of sp³-hybridized carbons (Fsp3) is 0.333. The summed E-state index contributed by atoms with van der Waals surface area (Å²) in [4.78, 5) is 22.7. The van der Waals surface area contributed by atoms with Crippen LogP contribution in [0, 0.1) is 0 Å². The number of benzene rings is 1. The fourth-order valence-electron chi connectivity index (χ4n) is 1.88. The Kier molecular flexibility index (Phi) is 3.56. The summed E-state index contributed by atoms with van der Waals surface area (Å²) >= 11 is 0. The van der Waals surface area contributed by atoms with E-state index in [9.17, 15) is 22.8 Å². The third kappa shape index (κ3) is 2.84. The molecule has 0 bridgehead atoms. The Bertz CT molecular complexity index is 556. The minimum Gasteiger partial charge on any atom is -0.491 e. The molecule has 1 aliphatic rings. The van der Waals surface area contributed by atoms with Crippen LogP contribution in [0.4, 0.5) is 13.2 Å². The van der Waals surface area contributed by atoms with Gasteiger partial charge in [-0.15, -0.1) is 0 Å². The number of nitrogens with zero attached hydrogens (tertiary/aromatic N) is 1. The normalized spacial score (nSPS) is 15.1. The molecule has 108 valence electrons. The van der Waals surface area contributed by atoms with Crippen LogP contribution in [0.5, 0.6) is 5.75 Å². The average molecular weight is 289 g/mol. The number of hydrogen-bond acceptors (Lipinski definition) is 3. The van der Waals surface area contributed by atoms with Crippen LogP contribution in [0.3, 0.4) is 0 Å². The molecule has 1 amide bonds. The van der Waals surface area contributed by atoms with E-state index in [1.165, 1.54) is 18.2 Å². The van der Waals surface area contributed by atoms with Crippen LogP contribution in [0.1, 0.15) is 15.9 Å². The zero-order chi connectivity index (χ0) is 14.9. The molecule has 0 saturated heterocycles. The van der Waals surface area contributed by atoms with Crippen LogP contribution in [-0.4, -0.2) is 41.2 Å². The van der Waals surface area contributed by atoms with Crippen molar-refractivity contribution < 1.29 is 32.6 Å². The minimum atomic E-state index is -4.96. The summed E-state index contributed by atoms with van der Waals surface area (Å²) in [5, 5.41) is 8.86. The number of amides is 1. The quantitative estimate of drug-likeness (QED) is 0.854. The summed E-state index contributed by atoms with van der Waals surface area (Å²) in [6, 6.07) is 3.88. The first-order valence-electron chi connectivity index (χ1n) is 5.64. The van der Waals surface area contributed by atoms with Gasteiger partial charge in [0.25, 0.3) is 0 Å². The molecule has 0 radical (unpaired) electrons. The number of carboxylic acid groups (broad SMARTS) is 1. The first-order chi connectivity index (χ1) is 9.29. The molecule has 1 aromatic rings. The van der Waals surface area contributed by atoms with E-state index < -0.39 is 18.1 Å². The summed E-state index contributed by atoms with van der Waals surface area (Å²) in [5.41, 5.74) is 0.161. The second-order valence-corrected chi connectivity index (χ2v) is 4.20. The third-order valence-corrected chi connectivity index (χ3v) is 2.82. The lowest BCUT2D eigenvalue weighted by molar-refractivity contribution is -0.186. The average Bonchev–Trinajstić information content (AvgIpc) is 2.57. The summed E-state index contributed by atoms with van der Waals surface area (Å²) in [7, 11) is 0. The van der Waals surface area contributed by atoms with E-state index in [1.54, 1.807) is 0 Å². The Labute approximate surface area is 111 Å². The molecule has 1 aromatic carbocycles. The maximum absolute atomic E-state index is 12.4. The molecule has 5 nitrogen and oxygen atoms in total. The van der Waals surface area contributed by atoms with Crippen molar-refractivity contribution in [1.29, 1.82) is 0 Å². The van der Waals surface area contributed by atoms with E-state index in [0.29, 0.717) is 4.90 Å². The van der Waals surface area contributed by atoms with Crippen molar-refractivity contribution in [3.8, 4) is 5.75 Å². The molecular formula is C12H10F3NO4. The van der Waals surface area contributed by atoms with Gasteiger partial charge in [0.05, 0.1) is 12.1 Å². The second-order valence-electron chi connectivity index (χ2n) is 4.20. The van der Waals surface area contributed by atoms with Crippen LogP contribution in [0.25, 0.3) is 0 Å². The van der Waals surface area contributed by atoms with Gasteiger partial charge in [-0.3, -0.25) is 4.79 Å². The molecule has 0 unspecified atom stereocenters. The van der Waals surface area contributed by atoms with Gasteiger partial charge < -0.3 is 14.7 Å². The predicted octanol–water partition coefficient (Wildman–Crippen LogP) is 1.67. The molecule has 0 aromatic heterocycles. The van der Waals surface area contributed by atoms with Crippen molar-refractivity contribution in [3.05, 3.63) is 29.3 Å². The molecular weight excluding hydrogens is 279 g/mol. The van der Waals surface area contributed by atoms with Gasteiger partial charge in [0.1, 0.15) is 12.4 Å². The number of rotatable bonds is 1. The summed E-state index contributed by atoms with van der Waals surface area (Å²) < 4.78 is 42.5. The number of ether oxygens (including phenoxy) is 1. The highest BCUT2D eigenvalue weighted by atomic mass is 19.4. The smallest absolute Gasteiger partial charge is 0.471 e. The van der Waals surface area contributed by atoms with Crippen LogP contribution >= 0.6 is 0 Å². The highest BCUT2D eigenvalue weighted by Crippen LogP contribution is 2.27. The van der Waals surface area contributed by atoms with E-state index in [1.807, 2.05) is 0 Å². The highest BCUT2D eigenvalue weighted by molar-refractivity contribution is 5.88. The Morgan fingerprint density at radius 1 is 1.30 bits per heavy atom. The highest BCUT2D eigenvalue weighted by Gasteiger charge is 2.43. The third-order valence-electron chi connectivity index (χ3n) is 2.82. The van der Waals surface area contributed by atoms with E-state index >= 15 is 0 Å². The van der Waals surface area contributed by atoms with Gasteiger partial charge in [0.15, 0.2) is 0 Å². The van der Waals surface area contributed by atoms with Crippen molar-refractivity contribution in [2.24, 2.45) is 0 Å². The van der Waals surface area contributed by atoms with Crippen molar-refractivity contribution in [2.75, 3.05) is 13.2 Å². The van der Waals surface area contributed by atoms with Crippen molar-refractivity contribution >= 4 is 11.9 Å². The van der Waals surface area contributed by atoms with E-state index in [-0.39, 0.29) is 36.6 Å². The zero-order valence-corrected chi connectivity index (χ0v) is 10.1. The Hall–Kier alpha value is -2.25. The first-order valence-corrected chi connectivity index (χ1v) is 5.64. The van der Waals surface area contributed by atoms with Crippen molar-refractivity contribution in [2.45, 2.75) is 12.7 Å². The molecule has 20 heavy (non-hydrogen) atoms. The molecule has 0 atom stereocenters. The number of fused-ring (bicyclic) bond motifs is 1. The van der Waals surface area contributed by atoms with Gasteiger partial charge >= 0.3 is 18.1 Å². The topological polar surface area (TPSA) is 66.8 Å². The van der Waals surface area contributed by atoms with Gasteiger partial charge in [-0.2, -0.15) is 13.2 Å². The predicted molar refractivity (Wildman–Crippen MR) is 60.4 cm³/mol. The molecule has 0 saturated carbocycles. The van der Waals surface area contributed by atoms with Gasteiger partial charge in [-0.1, -0.05) is 0 Å². The van der Waals surface area contributed by atoms with Crippen LogP contribution in [0.15, 0.2) is 18.2 Å². The largest absolute Gasteiger partial charge is 0.491 e. The minimum absolute atomic E-state index is 0.0753. The van der Waals surface area contributed by atoms with Crippen molar-refractivity contribution in [1.82, 2.24) is 4.90 Å². The van der Waals surface area contributed by atoms with Crippen molar-refractivity contribution in [3.63, 3.8) is 0 Å². The van der Waals surface area contributed by atoms with E-state index in [4.69, 9.17) is 9.84 Å². The van der Waals surface area contributed by atoms with E-state index in [0.717, 1.165) is 0 Å². The molecule has 0 fully saturated rings. The molecule has 0 spiro atoms. The summed E-state index contributed by atoms with van der Waals surface area (Å²) in [6.45, 7) is -0.633. The molecule has 2 rings (SSSR count). The van der Waals surface area contributed by atoms with Crippen LogP contribution in [-0.2, 0) is 11.3 Å². The first kappa shape index (κ1) is 14.2. The van der Waals surface area contributed by atoms with Gasteiger partial charge in [0, 0.05) is 12.1 Å². The lowest BCUT2D eigenvalue weighted by atomic mass is 10.1. The maximum atomic E-state index is 12.4. The molecule has 1 aliphatic heterocycles. The summed E-state index contributed by atoms with van der Waals surface area (Å²) in [5.74, 6) is -2.88. The van der Waals surface area contributed by atoms with Gasteiger partial charge in [-0.25, -0.2) is 4.79 Å². The van der Waals surface area contributed by atoms with Gasteiger partial charge in [0.2, 0.25) is 0 Å². The maximum Gasteiger partial charge on any atom is 0.471 e. The lowest BCUT2D eigenvalue weighted by Gasteiger charge is -2.20. The number of carbonyl (C=O) groups is 2. The number of aromatic carboxylic acids is 1. The zero-order valence-electron chi connectivity index (χ0n) is 10.1. The number of halogens is 3. The summed E-state index contributed by atoms with van der Waals surface area (Å²) in [6.07, 6.45) is -4.96. The Balaban J connectivity index is 2.31. The second kappa shape index (κ2) is 5.03. The Morgan fingerprint density at radius 2 is 2.00 bits per heavy atom. The fourth-order valence-corrected chi connectivity index (χ4v) is 1.88. The Morgan fingerprint density at radius 3 is 2.60 bits per heavy atom.